The van der Waals surface area contributed by atoms with Crippen LogP contribution in [0, 0.1) is 13.8 Å². The molecule has 2 aromatic heterocycles. The monoisotopic (exact) mass is 399 g/mol. The second kappa shape index (κ2) is 7.75. The van der Waals surface area contributed by atoms with E-state index in [4.69, 9.17) is 16.1 Å². The summed E-state index contributed by atoms with van der Waals surface area (Å²) in [6.07, 6.45) is 4.71. The molecule has 0 bridgehead atoms. The van der Waals surface area contributed by atoms with Gasteiger partial charge in [-0.05, 0) is 44.9 Å². The predicted octanol–water partition coefficient (Wildman–Crippen LogP) is 4.17. The highest BCUT2D eigenvalue weighted by Gasteiger charge is 2.19. The molecule has 1 amide bonds. The zero-order valence-corrected chi connectivity index (χ0v) is 16.6. The number of fused-ring (bicyclic) bond motifs is 1. The van der Waals surface area contributed by atoms with E-state index in [1.165, 1.54) is 12.8 Å². The highest BCUT2D eigenvalue weighted by atomic mass is 35.5. The summed E-state index contributed by atoms with van der Waals surface area (Å²) in [4.78, 5) is 21.7. The van der Waals surface area contributed by atoms with Crippen LogP contribution in [0.5, 0.6) is 0 Å². The van der Waals surface area contributed by atoms with Crippen molar-refractivity contribution in [2.24, 2.45) is 0 Å². The quantitative estimate of drug-likeness (QED) is 0.668. The first-order valence-electron chi connectivity index (χ1n) is 9.45. The van der Waals surface area contributed by atoms with Crippen molar-refractivity contribution in [2.45, 2.75) is 52.1 Å². The Morgan fingerprint density at radius 2 is 2.04 bits per heavy atom. The van der Waals surface area contributed by atoms with Gasteiger partial charge in [0.1, 0.15) is 17.1 Å². The number of carbonyl (C=O) groups excluding carboxylic acids is 1. The number of amides is 1. The number of nitrogens with zero attached hydrogens (tertiary/aromatic N) is 3. The summed E-state index contributed by atoms with van der Waals surface area (Å²) >= 11 is 6.18. The van der Waals surface area contributed by atoms with Gasteiger partial charge < -0.3 is 15.2 Å². The summed E-state index contributed by atoms with van der Waals surface area (Å²) in [5, 5.41) is 11.8. The van der Waals surface area contributed by atoms with Crippen molar-refractivity contribution >= 4 is 34.2 Å². The van der Waals surface area contributed by atoms with Crippen LogP contribution in [-0.2, 0) is 6.54 Å². The lowest BCUT2D eigenvalue weighted by Gasteiger charge is -2.16. The number of nitrogens with one attached hydrogen (secondary N) is 2. The molecule has 0 atom stereocenters. The van der Waals surface area contributed by atoms with E-state index in [-0.39, 0.29) is 12.5 Å². The lowest BCUT2D eigenvalue weighted by Crippen LogP contribution is -2.25. The molecular formula is C20H22ClN5O2. The highest BCUT2D eigenvalue weighted by molar-refractivity contribution is 6.31. The van der Waals surface area contributed by atoms with Crippen molar-refractivity contribution in [2.75, 3.05) is 5.32 Å². The van der Waals surface area contributed by atoms with Gasteiger partial charge >= 0.3 is 0 Å². The first-order valence-corrected chi connectivity index (χ1v) is 9.83. The number of hydrogen-bond donors (Lipinski definition) is 2. The zero-order chi connectivity index (χ0) is 19.7. The van der Waals surface area contributed by atoms with Crippen LogP contribution >= 0.6 is 11.6 Å². The van der Waals surface area contributed by atoms with E-state index in [0.29, 0.717) is 33.9 Å². The van der Waals surface area contributed by atoms with Gasteiger partial charge in [-0.2, -0.15) is 0 Å². The molecule has 1 aliphatic carbocycles. The Hall–Kier alpha value is -2.67. The summed E-state index contributed by atoms with van der Waals surface area (Å²) in [6.45, 7) is 3.67. The number of anilines is 1. The summed E-state index contributed by atoms with van der Waals surface area (Å²) < 4.78 is 5.07. The minimum absolute atomic E-state index is 0.209. The Kier molecular flexibility index (Phi) is 5.17. The molecule has 1 saturated carbocycles. The second-order valence-electron chi connectivity index (χ2n) is 7.16. The summed E-state index contributed by atoms with van der Waals surface area (Å²) in [7, 11) is 0. The number of benzene rings is 1. The molecule has 1 aliphatic rings. The standard InChI is InChI=1S/C20H22ClN5O2/c1-11-18(12(2)28-26-11)20(27)22-10-17-24-16-8-7-13(21)9-15(16)19(25-17)23-14-5-3-4-6-14/h7-9,14H,3-6,10H2,1-2H3,(H,22,27)(H,23,24,25). The smallest absolute Gasteiger partial charge is 0.257 e. The van der Waals surface area contributed by atoms with E-state index in [1.54, 1.807) is 13.8 Å². The number of carbonyl (C=O) groups is 1. The number of aryl methyl sites for hydroxylation is 2. The fourth-order valence-corrected chi connectivity index (χ4v) is 3.83. The molecule has 28 heavy (non-hydrogen) atoms. The van der Waals surface area contributed by atoms with Gasteiger partial charge in [-0.3, -0.25) is 4.79 Å². The van der Waals surface area contributed by atoms with Crippen LogP contribution in [0.1, 0.15) is 53.3 Å². The van der Waals surface area contributed by atoms with Gasteiger partial charge in [0.15, 0.2) is 5.82 Å². The SMILES string of the molecule is Cc1noc(C)c1C(=O)NCc1nc(NC2CCCC2)c2cc(Cl)ccc2n1. The van der Waals surface area contributed by atoms with Crippen molar-refractivity contribution < 1.29 is 9.32 Å². The van der Waals surface area contributed by atoms with Gasteiger partial charge in [-0.1, -0.05) is 29.6 Å². The Morgan fingerprint density at radius 1 is 1.25 bits per heavy atom. The van der Waals surface area contributed by atoms with Crippen LogP contribution in [0.15, 0.2) is 22.7 Å². The zero-order valence-electron chi connectivity index (χ0n) is 15.9. The van der Waals surface area contributed by atoms with Crippen molar-refractivity contribution in [3.8, 4) is 0 Å². The van der Waals surface area contributed by atoms with Gasteiger partial charge in [0.25, 0.3) is 5.91 Å². The van der Waals surface area contributed by atoms with E-state index >= 15 is 0 Å². The number of rotatable bonds is 5. The first-order chi connectivity index (χ1) is 13.5. The summed E-state index contributed by atoms with van der Waals surface area (Å²) in [5.74, 6) is 1.55. The van der Waals surface area contributed by atoms with Crippen LogP contribution < -0.4 is 10.6 Å². The van der Waals surface area contributed by atoms with E-state index < -0.39 is 0 Å². The Bertz CT molecular complexity index is 1010. The molecule has 1 fully saturated rings. The van der Waals surface area contributed by atoms with Gasteiger partial charge in [0, 0.05) is 16.5 Å². The Morgan fingerprint density at radius 3 is 2.75 bits per heavy atom. The molecule has 2 heterocycles. The minimum Gasteiger partial charge on any atom is -0.367 e. The average molecular weight is 400 g/mol. The molecule has 0 saturated heterocycles. The molecule has 0 radical (unpaired) electrons. The van der Waals surface area contributed by atoms with E-state index in [1.807, 2.05) is 18.2 Å². The molecule has 0 unspecified atom stereocenters. The van der Waals surface area contributed by atoms with Crippen molar-refractivity contribution in [1.82, 2.24) is 20.4 Å². The van der Waals surface area contributed by atoms with E-state index in [2.05, 4.69) is 25.8 Å². The lowest BCUT2D eigenvalue weighted by molar-refractivity contribution is 0.0948. The molecule has 146 valence electrons. The van der Waals surface area contributed by atoms with Crippen molar-refractivity contribution in [1.29, 1.82) is 0 Å². The molecule has 4 rings (SSSR count). The molecular weight excluding hydrogens is 378 g/mol. The predicted molar refractivity (Wildman–Crippen MR) is 108 cm³/mol. The van der Waals surface area contributed by atoms with Gasteiger partial charge in [-0.25, -0.2) is 9.97 Å². The van der Waals surface area contributed by atoms with Crippen LogP contribution in [0.2, 0.25) is 5.02 Å². The third-order valence-electron chi connectivity index (χ3n) is 5.07. The summed E-state index contributed by atoms with van der Waals surface area (Å²) in [6, 6.07) is 5.96. The molecule has 7 nitrogen and oxygen atoms in total. The van der Waals surface area contributed by atoms with Crippen LogP contribution in [-0.4, -0.2) is 27.1 Å². The van der Waals surface area contributed by atoms with E-state index in [9.17, 15) is 4.79 Å². The van der Waals surface area contributed by atoms with Gasteiger partial charge in [0.2, 0.25) is 0 Å². The van der Waals surface area contributed by atoms with Gasteiger partial charge in [0.05, 0.1) is 17.8 Å². The molecule has 0 spiro atoms. The molecule has 0 aliphatic heterocycles. The molecule has 2 N–H and O–H groups in total. The first kappa shape index (κ1) is 18.7. The van der Waals surface area contributed by atoms with E-state index in [0.717, 1.165) is 29.6 Å². The largest absolute Gasteiger partial charge is 0.367 e. The van der Waals surface area contributed by atoms with Gasteiger partial charge in [-0.15, -0.1) is 0 Å². The van der Waals surface area contributed by atoms with Crippen molar-refractivity contribution in [3.63, 3.8) is 0 Å². The fourth-order valence-electron chi connectivity index (χ4n) is 3.66. The number of hydrogen-bond acceptors (Lipinski definition) is 6. The topological polar surface area (TPSA) is 92.9 Å². The highest BCUT2D eigenvalue weighted by Crippen LogP contribution is 2.28. The normalized spacial score (nSPS) is 14.5. The average Bonchev–Trinajstić information content (AvgIpc) is 3.30. The summed E-state index contributed by atoms with van der Waals surface area (Å²) in [5.41, 5.74) is 1.81. The Labute approximate surface area is 167 Å². The minimum atomic E-state index is -0.249. The third kappa shape index (κ3) is 3.80. The second-order valence-corrected chi connectivity index (χ2v) is 7.59. The Balaban J connectivity index is 1.60. The maximum atomic E-state index is 12.5. The third-order valence-corrected chi connectivity index (χ3v) is 5.30. The van der Waals surface area contributed by atoms with Crippen LogP contribution in [0.25, 0.3) is 10.9 Å². The van der Waals surface area contributed by atoms with Crippen molar-refractivity contribution in [3.05, 3.63) is 46.1 Å². The lowest BCUT2D eigenvalue weighted by atomic mass is 10.2. The number of aromatic nitrogens is 3. The maximum absolute atomic E-state index is 12.5. The fraction of sp³-hybridized carbons (Fsp3) is 0.400. The number of halogens is 1. The van der Waals surface area contributed by atoms with Crippen LogP contribution in [0.4, 0.5) is 5.82 Å². The van der Waals surface area contributed by atoms with Crippen LogP contribution in [0.3, 0.4) is 0 Å². The molecule has 8 heteroatoms. The molecule has 3 aromatic rings. The maximum Gasteiger partial charge on any atom is 0.257 e. The molecule has 1 aromatic carbocycles.